The number of hydrogen-bond donors (Lipinski definition) is 1. The molecule has 0 fully saturated rings. The van der Waals surface area contributed by atoms with Crippen LogP contribution in [0.25, 0.3) is 22.0 Å². The van der Waals surface area contributed by atoms with Gasteiger partial charge in [-0.2, -0.15) is 0 Å². The molecule has 0 unspecified atom stereocenters. The first kappa shape index (κ1) is 11.1. The lowest BCUT2D eigenvalue weighted by molar-refractivity contribution is 1.36. The van der Waals surface area contributed by atoms with Gasteiger partial charge in [-0.3, -0.25) is 0 Å². The second kappa shape index (κ2) is 4.31. The quantitative estimate of drug-likeness (QED) is 0.709. The summed E-state index contributed by atoms with van der Waals surface area (Å²) in [5, 5.41) is 2.75. The number of aromatic nitrogens is 1. The number of benzene rings is 2. The summed E-state index contributed by atoms with van der Waals surface area (Å²) in [7, 11) is 0. The zero-order valence-electron chi connectivity index (χ0n) is 9.60. The van der Waals surface area contributed by atoms with E-state index in [0.717, 1.165) is 22.0 Å². The number of pyridine rings is 1. The van der Waals surface area contributed by atoms with E-state index in [1.165, 1.54) is 0 Å². The summed E-state index contributed by atoms with van der Waals surface area (Å²) in [4.78, 5) is 4.43. The Kier molecular flexibility index (Phi) is 2.65. The van der Waals surface area contributed by atoms with Crippen LogP contribution in [0.5, 0.6) is 0 Å². The van der Waals surface area contributed by atoms with E-state index in [-0.39, 0.29) is 0 Å². The topological polar surface area (TPSA) is 38.9 Å². The molecule has 3 rings (SSSR count). The molecule has 0 aliphatic carbocycles. The molecule has 88 valence electrons. The van der Waals surface area contributed by atoms with Gasteiger partial charge < -0.3 is 5.73 Å². The summed E-state index contributed by atoms with van der Waals surface area (Å²) >= 11 is 5.99. The summed E-state index contributed by atoms with van der Waals surface area (Å²) in [6, 6.07) is 17.6. The highest BCUT2D eigenvalue weighted by molar-refractivity contribution is 6.30. The second-order valence-electron chi connectivity index (χ2n) is 4.12. The number of fused-ring (bicyclic) bond motifs is 1. The Morgan fingerprint density at radius 3 is 2.61 bits per heavy atom. The molecule has 0 saturated carbocycles. The van der Waals surface area contributed by atoms with Gasteiger partial charge in [0.2, 0.25) is 0 Å². The molecular formula is C15H11ClN2. The van der Waals surface area contributed by atoms with Crippen LogP contribution in [-0.4, -0.2) is 4.98 Å². The summed E-state index contributed by atoms with van der Waals surface area (Å²) < 4.78 is 0. The molecule has 0 saturated heterocycles. The Balaban J connectivity index is 2.24. The summed E-state index contributed by atoms with van der Waals surface area (Å²) in [6.45, 7) is 0. The Bertz CT molecular complexity index is 723. The van der Waals surface area contributed by atoms with Crippen LogP contribution in [0.1, 0.15) is 0 Å². The molecule has 0 atom stereocenters. The van der Waals surface area contributed by atoms with E-state index in [1.54, 1.807) is 0 Å². The van der Waals surface area contributed by atoms with Crippen LogP contribution < -0.4 is 5.73 Å². The fourth-order valence-corrected chi connectivity index (χ4v) is 2.21. The van der Waals surface area contributed by atoms with Crippen LogP contribution >= 0.6 is 11.6 Å². The number of hydrogen-bond acceptors (Lipinski definition) is 2. The third-order valence-corrected chi connectivity index (χ3v) is 3.13. The normalized spacial score (nSPS) is 10.7. The molecule has 3 heteroatoms. The van der Waals surface area contributed by atoms with Crippen molar-refractivity contribution >= 4 is 28.2 Å². The Morgan fingerprint density at radius 2 is 1.78 bits per heavy atom. The van der Waals surface area contributed by atoms with E-state index in [4.69, 9.17) is 17.3 Å². The zero-order chi connectivity index (χ0) is 12.5. The van der Waals surface area contributed by atoms with Gasteiger partial charge >= 0.3 is 0 Å². The number of rotatable bonds is 1. The summed E-state index contributed by atoms with van der Waals surface area (Å²) in [5.41, 5.74) is 7.80. The van der Waals surface area contributed by atoms with E-state index in [2.05, 4.69) is 4.98 Å². The van der Waals surface area contributed by atoms with Crippen molar-refractivity contribution in [1.82, 2.24) is 4.98 Å². The van der Waals surface area contributed by atoms with Crippen LogP contribution in [-0.2, 0) is 0 Å². The van der Waals surface area contributed by atoms with Gasteiger partial charge in [-0.25, -0.2) is 4.98 Å². The number of anilines is 1. The van der Waals surface area contributed by atoms with Gasteiger partial charge in [0.05, 0.1) is 5.69 Å². The number of halogens is 1. The van der Waals surface area contributed by atoms with Crippen molar-refractivity contribution in [3.8, 4) is 11.3 Å². The monoisotopic (exact) mass is 254 g/mol. The lowest BCUT2D eigenvalue weighted by Gasteiger charge is -2.06. The molecule has 0 aliphatic rings. The molecule has 0 radical (unpaired) electrons. The van der Waals surface area contributed by atoms with Gasteiger partial charge in [0.1, 0.15) is 5.82 Å². The molecule has 0 bridgehead atoms. The summed E-state index contributed by atoms with van der Waals surface area (Å²) in [5.74, 6) is 0.545. The van der Waals surface area contributed by atoms with Crippen LogP contribution in [0, 0.1) is 0 Å². The molecule has 0 aliphatic heterocycles. The summed E-state index contributed by atoms with van der Waals surface area (Å²) in [6.07, 6.45) is 0. The highest BCUT2D eigenvalue weighted by atomic mass is 35.5. The van der Waals surface area contributed by atoms with Gasteiger partial charge in [0.15, 0.2) is 0 Å². The third-order valence-electron chi connectivity index (χ3n) is 2.89. The van der Waals surface area contributed by atoms with Crippen molar-refractivity contribution < 1.29 is 0 Å². The lowest BCUT2D eigenvalue weighted by Crippen LogP contribution is -1.94. The molecule has 2 nitrogen and oxygen atoms in total. The molecule has 0 amide bonds. The van der Waals surface area contributed by atoms with Crippen molar-refractivity contribution in [3.05, 3.63) is 59.6 Å². The van der Waals surface area contributed by atoms with Crippen LogP contribution in [0.2, 0.25) is 5.02 Å². The third kappa shape index (κ3) is 1.91. The minimum atomic E-state index is 0.545. The van der Waals surface area contributed by atoms with Crippen LogP contribution in [0.15, 0.2) is 54.6 Å². The molecule has 1 heterocycles. The first-order valence-corrected chi connectivity index (χ1v) is 6.03. The van der Waals surface area contributed by atoms with Crippen molar-refractivity contribution in [3.63, 3.8) is 0 Å². The first-order chi connectivity index (χ1) is 8.74. The van der Waals surface area contributed by atoms with Gasteiger partial charge in [0, 0.05) is 16.0 Å². The van der Waals surface area contributed by atoms with Crippen molar-refractivity contribution in [2.24, 2.45) is 0 Å². The fraction of sp³-hybridized carbons (Fsp3) is 0. The predicted molar refractivity (Wildman–Crippen MR) is 76.6 cm³/mol. The average molecular weight is 255 g/mol. The van der Waals surface area contributed by atoms with Crippen molar-refractivity contribution in [2.75, 3.05) is 5.73 Å². The molecule has 2 aromatic carbocycles. The Labute approximate surface area is 110 Å². The Hall–Kier alpha value is -2.06. The minimum absolute atomic E-state index is 0.545. The van der Waals surface area contributed by atoms with Gasteiger partial charge in [-0.1, -0.05) is 48.0 Å². The molecule has 1 aromatic heterocycles. The van der Waals surface area contributed by atoms with E-state index in [1.807, 2.05) is 54.6 Å². The minimum Gasteiger partial charge on any atom is -0.383 e. The number of nitrogens with two attached hydrogens (primary N) is 1. The maximum Gasteiger partial charge on any atom is 0.131 e. The fourth-order valence-electron chi connectivity index (χ4n) is 2.02. The maximum atomic E-state index is 5.99. The smallest absolute Gasteiger partial charge is 0.131 e. The highest BCUT2D eigenvalue weighted by Gasteiger charge is 2.05. The molecule has 3 aromatic rings. The SMILES string of the molecule is Nc1nc(-c2cccc(Cl)c2)cc2ccccc12. The molecular weight excluding hydrogens is 244 g/mol. The Morgan fingerprint density at radius 1 is 0.944 bits per heavy atom. The average Bonchev–Trinajstić information content (AvgIpc) is 2.39. The number of nitrogens with zero attached hydrogens (tertiary/aromatic N) is 1. The van der Waals surface area contributed by atoms with E-state index in [0.29, 0.717) is 10.8 Å². The van der Waals surface area contributed by atoms with E-state index in [9.17, 15) is 0 Å². The van der Waals surface area contributed by atoms with Gasteiger partial charge in [-0.15, -0.1) is 0 Å². The van der Waals surface area contributed by atoms with Gasteiger partial charge in [0.25, 0.3) is 0 Å². The zero-order valence-corrected chi connectivity index (χ0v) is 10.4. The number of nitrogen functional groups attached to an aromatic ring is 1. The van der Waals surface area contributed by atoms with Gasteiger partial charge in [-0.05, 0) is 23.6 Å². The standard InChI is InChI=1S/C15H11ClN2/c16-12-6-3-5-11(8-12)14-9-10-4-1-2-7-13(10)15(17)18-14/h1-9H,(H2,17,18). The molecule has 18 heavy (non-hydrogen) atoms. The largest absolute Gasteiger partial charge is 0.383 e. The van der Waals surface area contributed by atoms with E-state index < -0.39 is 0 Å². The second-order valence-corrected chi connectivity index (χ2v) is 4.56. The van der Waals surface area contributed by atoms with Crippen molar-refractivity contribution in [1.29, 1.82) is 0 Å². The molecule has 0 spiro atoms. The van der Waals surface area contributed by atoms with E-state index >= 15 is 0 Å². The van der Waals surface area contributed by atoms with Crippen LogP contribution in [0.4, 0.5) is 5.82 Å². The van der Waals surface area contributed by atoms with Crippen LogP contribution in [0.3, 0.4) is 0 Å². The van der Waals surface area contributed by atoms with Crippen molar-refractivity contribution in [2.45, 2.75) is 0 Å². The highest BCUT2D eigenvalue weighted by Crippen LogP contribution is 2.27. The molecule has 2 N–H and O–H groups in total. The first-order valence-electron chi connectivity index (χ1n) is 5.65. The predicted octanol–water partition coefficient (Wildman–Crippen LogP) is 4.14. The lowest BCUT2D eigenvalue weighted by atomic mass is 10.1. The maximum absolute atomic E-state index is 5.99.